The monoisotopic (exact) mass is 474 g/mol. The predicted molar refractivity (Wildman–Crippen MR) is 137 cm³/mol. The zero-order valence-corrected chi connectivity index (χ0v) is 20.1. The normalized spacial score (nSPS) is 15.2. The molecule has 1 atom stereocenters. The summed E-state index contributed by atoms with van der Waals surface area (Å²) >= 11 is 1.61. The number of aromatic nitrogens is 2. The van der Waals surface area contributed by atoms with E-state index < -0.39 is 17.9 Å². The maximum Gasteiger partial charge on any atom is 0.259 e. The molecule has 0 bridgehead atoms. The van der Waals surface area contributed by atoms with Crippen molar-refractivity contribution in [3.8, 4) is 0 Å². The van der Waals surface area contributed by atoms with Crippen LogP contribution in [0.4, 0.5) is 0 Å². The number of hydrogen-bond donors (Lipinski definition) is 3. The molecule has 2 aromatic heterocycles. The summed E-state index contributed by atoms with van der Waals surface area (Å²) in [6, 6.07) is 13.7. The van der Waals surface area contributed by atoms with E-state index in [1.165, 1.54) is 0 Å². The summed E-state index contributed by atoms with van der Waals surface area (Å²) in [7, 11) is 3.84. The number of thioether (sulfide) groups is 1. The average Bonchev–Trinajstić information content (AvgIpc) is 3.46. The number of para-hydroxylation sites is 2. The third-order valence-corrected chi connectivity index (χ3v) is 6.89. The van der Waals surface area contributed by atoms with Gasteiger partial charge in [-0.3, -0.25) is 14.9 Å². The quantitative estimate of drug-likeness (QED) is 0.282. The van der Waals surface area contributed by atoms with E-state index in [1.807, 2.05) is 78.5 Å². The molecular weight excluding hydrogens is 448 g/mol. The van der Waals surface area contributed by atoms with Gasteiger partial charge >= 0.3 is 0 Å². The molecule has 1 aliphatic rings. The lowest BCUT2D eigenvalue weighted by atomic mass is 9.95. The van der Waals surface area contributed by atoms with E-state index in [4.69, 9.17) is 0 Å². The van der Waals surface area contributed by atoms with Gasteiger partial charge in [-0.2, -0.15) is 0 Å². The SMILES string of the molecule is CSc1cccc2c(C3=C(c4c[nH]c5ccccc45)C(=O)NC3=O)cn(CC(O)CN(C)C)c12. The fourth-order valence-corrected chi connectivity index (χ4v) is 5.42. The maximum absolute atomic E-state index is 13.1. The van der Waals surface area contributed by atoms with E-state index in [0.717, 1.165) is 26.7 Å². The maximum atomic E-state index is 13.1. The molecule has 7 nitrogen and oxygen atoms in total. The third-order valence-electron chi connectivity index (χ3n) is 6.12. The lowest BCUT2D eigenvalue weighted by Gasteiger charge is -2.17. The van der Waals surface area contributed by atoms with Gasteiger partial charge in [0.1, 0.15) is 0 Å². The highest BCUT2D eigenvalue weighted by atomic mass is 32.2. The smallest absolute Gasteiger partial charge is 0.259 e. The molecule has 5 rings (SSSR count). The number of benzene rings is 2. The molecule has 3 heterocycles. The van der Waals surface area contributed by atoms with E-state index in [0.29, 0.717) is 35.4 Å². The van der Waals surface area contributed by atoms with Gasteiger partial charge in [0.2, 0.25) is 0 Å². The summed E-state index contributed by atoms with van der Waals surface area (Å²) in [5, 5.41) is 14.9. The van der Waals surface area contributed by atoms with Crippen molar-refractivity contribution in [3.05, 3.63) is 66.0 Å². The molecule has 34 heavy (non-hydrogen) atoms. The van der Waals surface area contributed by atoms with Gasteiger partial charge in [0.05, 0.1) is 22.8 Å². The Hall–Kier alpha value is -3.33. The molecule has 2 amide bonds. The van der Waals surface area contributed by atoms with Crippen LogP contribution < -0.4 is 5.32 Å². The van der Waals surface area contributed by atoms with Gasteiger partial charge in [-0.05, 0) is 32.5 Å². The van der Waals surface area contributed by atoms with Crippen molar-refractivity contribution in [1.82, 2.24) is 19.8 Å². The summed E-state index contributed by atoms with van der Waals surface area (Å²) in [5.74, 6) is -0.813. The highest BCUT2D eigenvalue weighted by Gasteiger charge is 2.35. The Bertz CT molecular complexity index is 1460. The van der Waals surface area contributed by atoms with Gasteiger partial charge in [-0.1, -0.05) is 30.3 Å². The number of imide groups is 1. The molecule has 1 aliphatic heterocycles. The van der Waals surface area contributed by atoms with Gasteiger partial charge in [-0.15, -0.1) is 11.8 Å². The Morgan fingerprint density at radius 2 is 1.71 bits per heavy atom. The molecule has 0 radical (unpaired) electrons. The number of nitrogens with one attached hydrogen (secondary N) is 2. The minimum absolute atomic E-state index is 0.360. The van der Waals surface area contributed by atoms with Gasteiger partial charge in [-0.25, -0.2) is 0 Å². The zero-order valence-electron chi connectivity index (χ0n) is 19.3. The number of hydrogen-bond acceptors (Lipinski definition) is 5. The second kappa shape index (κ2) is 8.79. The Morgan fingerprint density at radius 1 is 1.00 bits per heavy atom. The number of aromatic amines is 1. The topological polar surface area (TPSA) is 90.4 Å². The number of fused-ring (bicyclic) bond motifs is 2. The minimum atomic E-state index is -0.588. The van der Waals surface area contributed by atoms with Crippen LogP contribution >= 0.6 is 11.8 Å². The minimum Gasteiger partial charge on any atom is -0.390 e. The summed E-state index contributed by atoms with van der Waals surface area (Å²) < 4.78 is 2.00. The number of rotatable bonds is 7. The highest BCUT2D eigenvalue weighted by Crippen LogP contribution is 2.40. The molecule has 1 unspecified atom stereocenters. The largest absolute Gasteiger partial charge is 0.390 e. The number of nitrogens with zero attached hydrogens (tertiary/aromatic N) is 2. The summed E-state index contributed by atoms with van der Waals surface area (Å²) in [6.07, 6.45) is 5.09. The van der Waals surface area contributed by atoms with Crippen LogP contribution in [0.5, 0.6) is 0 Å². The first kappa shape index (κ1) is 22.5. The fourth-order valence-electron chi connectivity index (χ4n) is 4.79. The second-order valence-corrected chi connectivity index (χ2v) is 9.60. The molecule has 0 aliphatic carbocycles. The zero-order chi connectivity index (χ0) is 24.0. The lowest BCUT2D eigenvalue weighted by Crippen LogP contribution is -2.29. The average molecular weight is 475 g/mol. The van der Waals surface area contributed by atoms with Crippen LogP contribution in [0.3, 0.4) is 0 Å². The third kappa shape index (κ3) is 3.73. The van der Waals surface area contributed by atoms with Crippen LogP contribution in [0.25, 0.3) is 33.0 Å². The summed E-state index contributed by atoms with van der Waals surface area (Å²) in [4.78, 5) is 32.3. The van der Waals surface area contributed by atoms with Crippen molar-refractivity contribution in [1.29, 1.82) is 0 Å². The van der Waals surface area contributed by atoms with E-state index in [9.17, 15) is 14.7 Å². The van der Waals surface area contributed by atoms with E-state index in [1.54, 1.807) is 18.0 Å². The molecular formula is C26H26N4O3S. The van der Waals surface area contributed by atoms with Gasteiger partial charge < -0.3 is 19.6 Å². The van der Waals surface area contributed by atoms with Gasteiger partial charge in [0.25, 0.3) is 11.8 Å². The number of likely N-dealkylation sites (N-methyl/N-ethyl adjacent to an activating group) is 1. The molecule has 174 valence electrons. The first-order chi connectivity index (χ1) is 16.4. The molecule has 0 spiro atoms. The molecule has 0 saturated heterocycles. The Balaban J connectivity index is 1.75. The first-order valence-corrected chi connectivity index (χ1v) is 12.3. The number of H-pyrrole nitrogens is 1. The van der Waals surface area contributed by atoms with Gasteiger partial charge in [0.15, 0.2) is 0 Å². The van der Waals surface area contributed by atoms with Crippen molar-refractivity contribution < 1.29 is 14.7 Å². The second-order valence-electron chi connectivity index (χ2n) is 8.75. The van der Waals surface area contributed by atoms with E-state index in [2.05, 4.69) is 10.3 Å². The van der Waals surface area contributed by atoms with Crippen LogP contribution in [-0.4, -0.2) is 64.4 Å². The first-order valence-electron chi connectivity index (χ1n) is 11.0. The van der Waals surface area contributed by atoms with Crippen LogP contribution in [-0.2, 0) is 16.1 Å². The molecule has 4 aromatic rings. The predicted octanol–water partition coefficient (Wildman–Crippen LogP) is 3.33. The molecule has 0 fully saturated rings. The highest BCUT2D eigenvalue weighted by molar-refractivity contribution is 7.98. The fraction of sp³-hybridized carbons (Fsp3) is 0.231. The Morgan fingerprint density at radius 3 is 2.44 bits per heavy atom. The molecule has 2 aromatic carbocycles. The van der Waals surface area contributed by atoms with Crippen LogP contribution in [0.15, 0.2) is 59.8 Å². The standard InChI is InChI=1S/C26H26N4O3S/c1-29(2)12-15(31)13-30-14-19(17-8-6-10-21(34-3)24(17)30)23-22(25(32)28-26(23)33)18-11-27-20-9-5-4-7-16(18)20/h4-11,14-15,27,31H,12-13H2,1-3H3,(H,28,32,33). The molecule has 3 N–H and O–H groups in total. The van der Waals surface area contributed by atoms with Crippen molar-refractivity contribution in [3.63, 3.8) is 0 Å². The number of aliphatic hydroxyl groups excluding tert-OH is 1. The summed E-state index contributed by atoms with van der Waals surface area (Å²) in [5.41, 5.74) is 3.95. The number of amides is 2. The van der Waals surface area contributed by atoms with Gasteiger partial charge in [0, 0.05) is 57.8 Å². The number of aliphatic hydroxyl groups is 1. The lowest BCUT2D eigenvalue weighted by molar-refractivity contribution is -0.122. The summed E-state index contributed by atoms with van der Waals surface area (Å²) in [6.45, 7) is 0.885. The Kier molecular flexibility index (Phi) is 5.81. The number of carbonyl (C=O) groups is 2. The van der Waals surface area contributed by atoms with Crippen LogP contribution in [0, 0.1) is 0 Å². The van der Waals surface area contributed by atoms with Crippen molar-refractivity contribution in [2.24, 2.45) is 0 Å². The molecule has 0 saturated carbocycles. The van der Waals surface area contributed by atoms with E-state index in [-0.39, 0.29) is 0 Å². The Labute approximate surface area is 201 Å². The van der Waals surface area contributed by atoms with Crippen LogP contribution in [0.2, 0.25) is 0 Å². The van der Waals surface area contributed by atoms with Crippen LogP contribution in [0.1, 0.15) is 11.1 Å². The van der Waals surface area contributed by atoms with Crippen molar-refractivity contribution >= 4 is 56.5 Å². The van der Waals surface area contributed by atoms with Crippen molar-refractivity contribution in [2.45, 2.75) is 17.5 Å². The number of carbonyl (C=O) groups excluding carboxylic acids is 2. The van der Waals surface area contributed by atoms with E-state index >= 15 is 0 Å². The molecule has 8 heteroatoms. The van der Waals surface area contributed by atoms with Crippen molar-refractivity contribution in [2.75, 3.05) is 26.9 Å².